The maximum atomic E-state index is 14.0. The van der Waals surface area contributed by atoms with Crippen LogP contribution in [-0.4, -0.2) is 37.2 Å². The van der Waals surface area contributed by atoms with Crippen molar-refractivity contribution in [2.45, 2.75) is 56.6 Å². The van der Waals surface area contributed by atoms with Crippen LogP contribution in [0.2, 0.25) is 0 Å². The fourth-order valence-electron chi connectivity index (χ4n) is 3.12. The first-order valence-corrected chi connectivity index (χ1v) is 12.3. The largest absolute Gasteiger partial charge is 0.494 e. The molecular formula is C27H27F9N2O3. The van der Waals surface area contributed by atoms with Gasteiger partial charge in [0, 0.05) is 17.9 Å². The molecule has 0 spiro atoms. The first-order chi connectivity index (χ1) is 19.0. The number of azo groups is 1. The highest BCUT2D eigenvalue weighted by Crippen LogP contribution is 2.56. The minimum atomic E-state index is -6.97. The van der Waals surface area contributed by atoms with Crippen LogP contribution in [-0.2, 0) is 15.5 Å². The molecule has 0 amide bonds. The molecule has 0 aliphatic carbocycles. The average molecular weight is 599 g/mol. The molecule has 14 heteroatoms. The summed E-state index contributed by atoms with van der Waals surface area (Å²) in [5.41, 5.74) is -1.63. The van der Waals surface area contributed by atoms with Crippen molar-refractivity contribution in [3.8, 4) is 5.75 Å². The summed E-state index contributed by atoms with van der Waals surface area (Å²) in [7, 11) is 0. The summed E-state index contributed by atoms with van der Waals surface area (Å²) in [5, 5.41) is 7.51. The number of esters is 1. The molecule has 0 radical (unpaired) electrons. The van der Waals surface area contributed by atoms with E-state index >= 15 is 0 Å². The molecule has 2 rings (SSSR count). The minimum absolute atomic E-state index is 0.0913. The lowest BCUT2D eigenvalue weighted by atomic mass is 9.96. The zero-order valence-corrected chi connectivity index (χ0v) is 21.7. The van der Waals surface area contributed by atoms with E-state index in [1.54, 1.807) is 18.2 Å². The Morgan fingerprint density at radius 1 is 0.829 bits per heavy atom. The van der Waals surface area contributed by atoms with Gasteiger partial charge < -0.3 is 9.47 Å². The van der Waals surface area contributed by atoms with Gasteiger partial charge in [-0.1, -0.05) is 25.1 Å². The van der Waals surface area contributed by atoms with Crippen LogP contribution in [0.5, 0.6) is 5.75 Å². The lowest BCUT2D eigenvalue weighted by Gasteiger charge is -2.33. The Morgan fingerprint density at radius 3 is 1.88 bits per heavy atom. The third kappa shape index (κ3) is 8.70. The molecule has 0 aromatic heterocycles. The summed E-state index contributed by atoms with van der Waals surface area (Å²) >= 11 is 0. The number of halogens is 9. The Morgan fingerprint density at radius 2 is 1.37 bits per heavy atom. The molecule has 0 N–H and O–H groups in total. The number of unbranched alkanes of at least 4 members (excludes halogenated alkanes) is 2. The van der Waals surface area contributed by atoms with Crippen molar-refractivity contribution in [3.05, 3.63) is 66.7 Å². The number of ether oxygens (including phenoxy) is 2. The van der Waals surface area contributed by atoms with Crippen molar-refractivity contribution in [1.29, 1.82) is 0 Å². The zero-order valence-electron chi connectivity index (χ0n) is 21.7. The van der Waals surface area contributed by atoms with Crippen LogP contribution in [0, 0.1) is 5.92 Å². The van der Waals surface area contributed by atoms with E-state index in [2.05, 4.69) is 16.8 Å². The molecule has 0 saturated carbocycles. The quantitative estimate of drug-likeness (QED) is 0.0675. The molecule has 5 nitrogen and oxygen atoms in total. The molecule has 1 atom stereocenters. The summed E-state index contributed by atoms with van der Waals surface area (Å²) in [6, 6.07) is 8.10. The highest BCUT2D eigenvalue weighted by atomic mass is 19.4. The smallest absolute Gasteiger partial charge is 0.460 e. The molecule has 226 valence electrons. The maximum Gasteiger partial charge on any atom is 0.460 e. The second-order valence-electron chi connectivity index (χ2n) is 9.02. The number of hydrogen-bond donors (Lipinski definition) is 0. The van der Waals surface area contributed by atoms with Gasteiger partial charge in [-0.05, 0) is 55.7 Å². The summed E-state index contributed by atoms with van der Waals surface area (Å²) in [6.07, 6.45) is -2.82. The van der Waals surface area contributed by atoms with Crippen LogP contribution in [0.15, 0.2) is 71.4 Å². The molecule has 0 aliphatic rings. The van der Waals surface area contributed by atoms with Gasteiger partial charge in [0.05, 0.1) is 24.6 Å². The summed E-state index contributed by atoms with van der Waals surface area (Å²) in [5.74, 6) is -19.2. The Balaban J connectivity index is 1.85. The standard InChI is InChI=1S/C27H27F9N2O3/c1-3-18(2)17-41-23(39)7-5-4-6-16-40-22-14-12-21(13-15-22)38-37-20-10-8-19(9-11-20)24(28,29)25(30,31)26(32,33)27(34,35)36/h3,8-15,18H,1,4-7,16-17H2,2H3. The molecule has 41 heavy (non-hydrogen) atoms. The van der Waals surface area contributed by atoms with Gasteiger partial charge in [-0.25, -0.2) is 0 Å². The van der Waals surface area contributed by atoms with Crippen LogP contribution in [0.1, 0.15) is 38.2 Å². The van der Waals surface area contributed by atoms with Gasteiger partial charge in [-0.2, -0.15) is 49.7 Å². The molecule has 1 unspecified atom stereocenters. The molecule has 2 aromatic carbocycles. The number of benzene rings is 2. The monoisotopic (exact) mass is 598 g/mol. The maximum absolute atomic E-state index is 14.0. The van der Waals surface area contributed by atoms with Gasteiger partial charge in [0.15, 0.2) is 0 Å². The highest BCUT2D eigenvalue weighted by Gasteiger charge is 2.82. The fraction of sp³-hybridized carbons (Fsp3) is 0.444. The van der Waals surface area contributed by atoms with Crippen LogP contribution >= 0.6 is 0 Å². The molecule has 2 aromatic rings. The summed E-state index contributed by atoms with van der Waals surface area (Å²) < 4.78 is 129. The van der Waals surface area contributed by atoms with Crippen LogP contribution < -0.4 is 4.74 Å². The number of nitrogens with zero attached hydrogens (tertiary/aromatic N) is 2. The van der Waals surface area contributed by atoms with Crippen molar-refractivity contribution in [2.75, 3.05) is 13.2 Å². The third-order valence-corrected chi connectivity index (χ3v) is 5.70. The van der Waals surface area contributed by atoms with E-state index < -0.39 is 29.5 Å². The molecule has 0 saturated heterocycles. The van der Waals surface area contributed by atoms with Gasteiger partial charge in [0.1, 0.15) is 5.75 Å². The molecule has 0 aliphatic heterocycles. The molecule has 0 bridgehead atoms. The van der Waals surface area contributed by atoms with E-state index in [-0.39, 0.29) is 35.4 Å². The first-order valence-electron chi connectivity index (χ1n) is 12.3. The van der Waals surface area contributed by atoms with Crippen molar-refractivity contribution in [1.82, 2.24) is 0 Å². The molecule has 0 fully saturated rings. The SMILES string of the molecule is C=CC(C)COC(=O)CCCCCOc1ccc(N=Nc2ccc(C(F)(F)C(F)(F)C(F)(F)C(F)(F)F)cc2)cc1. The number of rotatable bonds is 15. The Kier molecular flexibility index (Phi) is 11.4. The lowest BCUT2D eigenvalue weighted by Crippen LogP contribution is -2.59. The van der Waals surface area contributed by atoms with E-state index in [1.165, 1.54) is 12.1 Å². The van der Waals surface area contributed by atoms with E-state index in [0.717, 1.165) is 6.42 Å². The van der Waals surface area contributed by atoms with Crippen LogP contribution in [0.3, 0.4) is 0 Å². The van der Waals surface area contributed by atoms with Gasteiger partial charge in [0.2, 0.25) is 0 Å². The van der Waals surface area contributed by atoms with Crippen LogP contribution in [0.25, 0.3) is 0 Å². The van der Waals surface area contributed by atoms with Gasteiger partial charge in [0.25, 0.3) is 0 Å². The van der Waals surface area contributed by atoms with Crippen molar-refractivity contribution in [2.24, 2.45) is 16.1 Å². The third-order valence-electron chi connectivity index (χ3n) is 5.70. The number of carbonyl (C=O) groups is 1. The normalized spacial score (nSPS) is 13.7. The lowest BCUT2D eigenvalue weighted by molar-refractivity contribution is -0.399. The topological polar surface area (TPSA) is 60.2 Å². The minimum Gasteiger partial charge on any atom is -0.494 e. The number of alkyl halides is 9. The average Bonchev–Trinajstić information content (AvgIpc) is 2.92. The van der Waals surface area contributed by atoms with E-state index in [1.807, 2.05) is 6.92 Å². The summed E-state index contributed by atoms with van der Waals surface area (Å²) in [4.78, 5) is 11.6. The summed E-state index contributed by atoms with van der Waals surface area (Å²) in [6.45, 7) is 6.18. The highest BCUT2D eigenvalue weighted by molar-refractivity contribution is 5.69. The van der Waals surface area contributed by atoms with E-state index in [9.17, 15) is 44.3 Å². The Bertz CT molecular complexity index is 1170. The first kappa shape index (κ1) is 33.6. The Labute approximate surface area is 230 Å². The van der Waals surface area contributed by atoms with Gasteiger partial charge >= 0.3 is 29.9 Å². The Hall–Kier alpha value is -3.58. The van der Waals surface area contributed by atoms with Gasteiger partial charge in [-0.3, -0.25) is 4.79 Å². The predicted molar refractivity (Wildman–Crippen MR) is 131 cm³/mol. The number of carbonyl (C=O) groups excluding carboxylic acids is 1. The van der Waals surface area contributed by atoms with E-state index in [0.29, 0.717) is 50.4 Å². The van der Waals surface area contributed by atoms with Crippen molar-refractivity contribution < 1.29 is 53.8 Å². The second kappa shape index (κ2) is 13.9. The van der Waals surface area contributed by atoms with Crippen molar-refractivity contribution in [3.63, 3.8) is 0 Å². The zero-order chi connectivity index (χ0) is 30.9. The predicted octanol–water partition coefficient (Wildman–Crippen LogP) is 9.33. The van der Waals surface area contributed by atoms with Gasteiger partial charge in [-0.15, -0.1) is 6.58 Å². The molecular weight excluding hydrogens is 571 g/mol. The van der Waals surface area contributed by atoms with Crippen LogP contribution in [0.4, 0.5) is 50.9 Å². The van der Waals surface area contributed by atoms with E-state index in [4.69, 9.17) is 9.47 Å². The number of hydrogen-bond acceptors (Lipinski definition) is 5. The molecule has 0 heterocycles. The van der Waals surface area contributed by atoms with Crippen molar-refractivity contribution >= 4 is 17.3 Å². The fourth-order valence-corrected chi connectivity index (χ4v) is 3.12. The second-order valence-corrected chi connectivity index (χ2v) is 9.02.